The van der Waals surface area contributed by atoms with Crippen molar-refractivity contribution in [2.45, 2.75) is 29.1 Å². The van der Waals surface area contributed by atoms with Gasteiger partial charge in [0.05, 0.1) is 30.0 Å². The zero-order chi connectivity index (χ0) is 25.6. The number of nitrogens with one attached hydrogen (secondary N) is 2. The number of hydrogen-bond acceptors (Lipinski definition) is 8. The number of benzene rings is 1. The van der Waals surface area contributed by atoms with Crippen LogP contribution in [-0.4, -0.2) is 84.2 Å². The van der Waals surface area contributed by atoms with E-state index in [4.69, 9.17) is 0 Å². The molecule has 1 fully saturated rings. The fourth-order valence-electron chi connectivity index (χ4n) is 3.65. The summed E-state index contributed by atoms with van der Waals surface area (Å²) in [5, 5.41) is 35.6. The minimum absolute atomic E-state index is 0.00780. The maximum Gasteiger partial charge on any atom is 0.321 e. The van der Waals surface area contributed by atoms with Gasteiger partial charge in [0.1, 0.15) is 16.3 Å². The molecule has 1 aliphatic heterocycles. The number of thiophene rings is 1. The second-order valence-electron chi connectivity index (χ2n) is 8.04. The Morgan fingerprint density at radius 1 is 1.20 bits per heavy atom. The van der Waals surface area contributed by atoms with Crippen LogP contribution >= 0.6 is 11.3 Å². The van der Waals surface area contributed by atoms with Crippen molar-refractivity contribution >= 4 is 39.0 Å². The molecule has 188 valence electrons. The number of urea groups is 1. The number of hydrogen-bond donors (Lipinski definition) is 4. The van der Waals surface area contributed by atoms with Crippen LogP contribution in [0.5, 0.6) is 0 Å². The first-order valence-electron chi connectivity index (χ1n) is 10.9. The average Bonchev–Trinajstić information content (AvgIpc) is 3.43. The predicted octanol–water partition coefficient (Wildman–Crippen LogP) is 0.776. The Morgan fingerprint density at radius 3 is 2.51 bits per heavy atom. The molecular formula is C22H27N5O6S2. The van der Waals surface area contributed by atoms with Crippen LogP contribution < -0.4 is 10.6 Å². The Bertz CT molecular complexity index is 1180. The molecule has 1 atom stereocenters. The second-order valence-corrected chi connectivity index (χ2v) is 11.1. The number of amides is 3. The van der Waals surface area contributed by atoms with Crippen LogP contribution in [0.1, 0.15) is 18.9 Å². The van der Waals surface area contributed by atoms with E-state index in [9.17, 15) is 33.5 Å². The van der Waals surface area contributed by atoms with Crippen LogP contribution in [0.3, 0.4) is 0 Å². The highest BCUT2D eigenvalue weighted by Crippen LogP contribution is 2.26. The first-order valence-corrected chi connectivity index (χ1v) is 13.2. The molecule has 35 heavy (non-hydrogen) atoms. The number of sulfonamides is 1. The molecule has 11 nitrogen and oxygen atoms in total. The number of nitriles is 1. The fraction of sp³-hybridized carbons (Fsp3) is 0.409. The molecular weight excluding hydrogens is 494 g/mol. The van der Waals surface area contributed by atoms with Gasteiger partial charge in [0.25, 0.3) is 10.0 Å². The molecule has 1 aliphatic rings. The predicted molar refractivity (Wildman–Crippen MR) is 129 cm³/mol. The second kappa shape index (κ2) is 11.1. The number of nitrogens with zero attached hydrogens (tertiary/aromatic N) is 3. The van der Waals surface area contributed by atoms with E-state index in [0.717, 1.165) is 15.6 Å². The van der Waals surface area contributed by atoms with Crippen molar-refractivity contribution in [3.63, 3.8) is 0 Å². The maximum atomic E-state index is 13.3. The summed E-state index contributed by atoms with van der Waals surface area (Å²) in [5.41, 5.74) is -0.793. The van der Waals surface area contributed by atoms with Crippen molar-refractivity contribution in [3.05, 3.63) is 47.3 Å². The molecule has 0 bridgehead atoms. The largest absolute Gasteiger partial charge is 0.394 e. The minimum atomic E-state index is -4.04. The number of carbonyl (C=O) groups is 2. The normalized spacial score (nSPS) is 17.0. The van der Waals surface area contributed by atoms with Gasteiger partial charge in [-0.3, -0.25) is 4.79 Å². The monoisotopic (exact) mass is 521 g/mol. The van der Waals surface area contributed by atoms with Crippen molar-refractivity contribution < 1.29 is 28.2 Å². The number of anilines is 1. The molecule has 2 aromatic rings. The standard InChI is InChI=1S/C22H27N5O6S2/c1-2-22(14-28,15-29)25-20(30)18-13-26(21(31)24-17-7-4-3-6-16(17)12-23)9-10-27(18)35(32,33)19-8-5-11-34-19/h3-8,11,18,28-29H,2,9-10,13-15H2,1H3,(H,24,31)(H,25,30). The fourth-order valence-corrected chi connectivity index (χ4v) is 6.34. The van der Waals surface area contributed by atoms with E-state index in [0.29, 0.717) is 5.69 Å². The number of rotatable bonds is 8. The number of para-hydroxylation sites is 1. The van der Waals surface area contributed by atoms with Gasteiger partial charge in [-0.25, -0.2) is 13.2 Å². The highest BCUT2D eigenvalue weighted by Gasteiger charge is 2.43. The first kappa shape index (κ1) is 26.6. The molecule has 4 N–H and O–H groups in total. The summed E-state index contributed by atoms with van der Waals surface area (Å²) < 4.78 is 27.7. The first-order chi connectivity index (χ1) is 16.7. The van der Waals surface area contributed by atoms with Gasteiger partial charge in [-0.15, -0.1) is 11.3 Å². The molecule has 0 aliphatic carbocycles. The highest BCUT2D eigenvalue weighted by molar-refractivity contribution is 7.91. The van der Waals surface area contributed by atoms with E-state index >= 15 is 0 Å². The molecule has 0 saturated carbocycles. The Kier molecular flexibility index (Phi) is 8.47. The van der Waals surface area contributed by atoms with E-state index in [1.54, 1.807) is 42.6 Å². The molecule has 3 amide bonds. The number of piperazine rings is 1. The van der Waals surface area contributed by atoms with Crippen LogP contribution in [0.4, 0.5) is 10.5 Å². The molecule has 1 aromatic heterocycles. The molecule has 0 radical (unpaired) electrons. The van der Waals surface area contributed by atoms with Gasteiger partial charge in [0.15, 0.2) is 0 Å². The third-order valence-electron chi connectivity index (χ3n) is 5.94. The summed E-state index contributed by atoms with van der Waals surface area (Å²) >= 11 is 1.01. The van der Waals surface area contributed by atoms with Gasteiger partial charge < -0.3 is 25.7 Å². The van der Waals surface area contributed by atoms with Gasteiger partial charge >= 0.3 is 6.03 Å². The summed E-state index contributed by atoms with van der Waals surface area (Å²) in [6.45, 7) is 0.154. The maximum absolute atomic E-state index is 13.3. The molecule has 2 heterocycles. The molecule has 1 saturated heterocycles. The van der Waals surface area contributed by atoms with Crippen LogP contribution in [0.25, 0.3) is 0 Å². The third kappa shape index (κ3) is 5.63. The lowest BCUT2D eigenvalue weighted by molar-refractivity contribution is -0.129. The van der Waals surface area contributed by atoms with Crippen LogP contribution in [0, 0.1) is 11.3 Å². The van der Waals surface area contributed by atoms with Gasteiger partial charge in [-0.05, 0) is 30.0 Å². The molecule has 1 aromatic carbocycles. The SMILES string of the molecule is CCC(CO)(CO)NC(=O)C1CN(C(=O)Nc2ccccc2C#N)CCN1S(=O)(=O)c1cccs1. The lowest BCUT2D eigenvalue weighted by Gasteiger charge is -2.41. The van der Waals surface area contributed by atoms with Crippen molar-refractivity contribution in [1.82, 2.24) is 14.5 Å². The average molecular weight is 522 g/mol. The minimum Gasteiger partial charge on any atom is -0.394 e. The summed E-state index contributed by atoms with van der Waals surface area (Å²) in [7, 11) is -4.04. The van der Waals surface area contributed by atoms with Crippen LogP contribution in [0.2, 0.25) is 0 Å². The topological polar surface area (TPSA) is 163 Å². The molecule has 3 rings (SSSR count). The van der Waals surface area contributed by atoms with Gasteiger partial charge in [-0.2, -0.15) is 9.57 Å². The summed E-state index contributed by atoms with van der Waals surface area (Å²) in [6.07, 6.45) is 0.200. The Labute approximate surface area is 207 Å². The van der Waals surface area contributed by atoms with E-state index in [2.05, 4.69) is 10.6 Å². The van der Waals surface area contributed by atoms with Crippen molar-refractivity contribution in [2.24, 2.45) is 0 Å². The van der Waals surface area contributed by atoms with E-state index < -0.39 is 46.8 Å². The quantitative estimate of drug-likeness (QED) is 0.399. The molecule has 1 unspecified atom stereocenters. The molecule has 0 spiro atoms. The van der Waals surface area contributed by atoms with E-state index in [1.165, 1.54) is 11.0 Å². The van der Waals surface area contributed by atoms with E-state index in [-0.39, 0.29) is 35.8 Å². The number of aliphatic hydroxyl groups excluding tert-OH is 2. The zero-order valence-corrected chi connectivity index (χ0v) is 20.7. The summed E-state index contributed by atoms with van der Waals surface area (Å²) in [4.78, 5) is 27.6. The highest BCUT2D eigenvalue weighted by atomic mass is 32.2. The Balaban J connectivity index is 1.89. The van der Waals surface area contributed by atoms with Gasteiger partial charge in [0.2, 0.25) is 5.91 Å². The van der Waals surface area contributed by atoms with E-state index in [1.807, 2.05) is 6.07 Å². The third-order valence-corrected chi connectivity index (χ3v) is 9.22. The van der Waals surface area contributed by atoms with Crippen molar-refractivity contribution in [1.29, 1.82) is 5.26 Å². The van der Waals surface area contributed by atoms with Crippen molar-refractivity contribution in [3.8, 4) is 6.07 Å². The van der Waals surface area contributed by atoms with Gasteiger partial charge in [-0.1, -0.05) is 25.1 Å². The zero-order valence-electron chi connectivity index (χ0n) is 19.0. The summed E-state index contributed by atoms with van der Waals surface area (Å²) in [6, 6.07) is 9.54. The molecule has 13 heteroatoms. The van der Waals surface area contributed by atoms with Crippen LogP contribution in [-0.2, 0) is 14.8 Å². The van der Waals surface area contributed by atoms with Crippen LogP contribution in [0.15, 0.2) is 46.0 Å². The lowest BCUT2D eigenvalue weighted by Crippen LogP contribution is -2.65. The summed E-state index contributed by atoms with van der Waals surface area (Å²) in [5.74, 6) is -0.745. The lowest BCUT2D eigenvalue weighted by atomic mass is 9.97. The Hall–Kier alpha value is -3.02. The number of aliphatic hydroxyl groups is 2. The van der Waals surface area contributed by atoms with Gasteiger partial charge in [0, 0.05) is 19.6 Å². The number of carbonyl (C=O) groups excluding carboxylic acids is 2. The smallest absolute Gasteiger partial charge is 0.321 e. The Morgan fingerprint density at radius 2 is 1.91 bits per heavy atom. The van der Waals surface area contributed by atoms with Crippen molar-refractivity contribution in [2.75, 3.05) is 38.2 Å².